The van der Waals surface area contributed by atoms with Gasteiger partial charge in [-0.3, -0.25) is 4.90 Å². The van der Waals surface area contributed by atoms with Crippen LogP contribution in [0.4, 0.5) is 18.0 Å². The number of aromatic nitrogens is 1. The molecule has 5 rings (SSSR count). The van der Waals surface area contributed by atoms with Gasteiger partial charge < -0.3 is 14.4 Å². The molecule has 1 saturated heterocycles. The Bertz CT molecular complexity index is 1270. The highest BCUT2D eigenvalue weighted by atomic mass is 32.1. The van der Waals surface area contributed by atoms with Crippen molar-refractivity contribution in [2.45, 2.75) is 19.5 Å². The van der Waals surface area contributed by atoms with Crippen LogP contribution >= 0.6 is 11.3 Å². The van der Waals surface area contributed by atoms with E-state index in [9.17, 15) is 18.0 Å². The number of benzene rings is 2. The molecule has 37 heavy (non-hydrogen) atoms. The molecule has 0 N–H and O–H groups in total. The monoisotopic (exact) mass is 528 g/mol. The van der Waals surface area contributed by atoms with Crippen molar-refractivity contribution in [1.29, 1.82) is 5.26 Å². The topological polar surface area (TPSA) is 78.7 Å². The van der Waals surface area contributed by atoms with Crippen molar-refractivity contribution in [3.05, 3.63) is 76.1 Å². The van der Waals surface area contributed by atoms with Crippen LogP contribution in [0.25, 0.3) is 0 Å². The Balaban J connectivity index is 1.22. The standard InChI is InChI=1S/C26H23F3N4O3S/c27-26(28,29)36-20-3-1-2-19(8-20)11-33(25(34)35-24-15-37-16-31-24)14-23-21-12-32(13-22(21)23)10-18-6-4-17(9-30)5-7-18/h1-8,15-16,21-23H,10-14H2. The summed E-state index contributed by atoms with van der Waals surface area (Å²) in [4.78, 5) is 20.9. The van der Waals surface area contributed by atoms with Crippen molar-refractivity contribution in [2.24, 2.45) is 17.8 Å². The van der Waals surface area contributed by atoms with E-state index in [0.717, 1.165) is 25.2 Å². The molecule has 11 heteroatoms. The number of nitrogens with zero attached hydrogens (tertiary/aromatic N) is 4. The number of thiazole rings is 1. The number of nitriles is 1. The fraction of sp³-hybridized carbons (Fsp3) is 0.346. The minimum atomic E-state index is -4.79. The number of carbonyl (C=O) groups excluding carboxylic acids is 1. The van der Waals surface area contributed by atoms with Gasteiger partial charge >= 0.3 is 12.5 Å². The maximum absolute atomic E-state index is 13.0. The third-order valence-corrected chi connectivity index (χ3v) is 7.30. The number of alkyl halides is 3. The molecule has 7 nitrogen and oxygen atoms in total. The van der Waals surface area contributed by atoms with Crippen LogP contribution in [0, 0.1) is 29.1 Å². The highest BCUT2D eigenvalue weighted by molar-refractivity contribution is 7.07. The van der Waals surface area contributed by atoms with E-state index < -0.39 is 12.5 Å². The van der Waals surface area contributed by atoms with Crippen LogP contribution in [-0.4, -0.2) is 46.9 Å². The Morgan fingerprint density at radius 3 is 2.57 bits per heavy atom. The average Bonchev–Trinajstić information content (AvgIpc) is 3.22. The van der Waals surface area contributed by atoms with Crippen molar-refractivity contribution in [3.8, 4) is 17.7 Å². The van der Waals surface area contributed by atoms with Crippen molar-refractivity contribution < 1.29 is 27.4 Å². The van der Waals surface area contributed by atoms with Gasteiger partial charge in [0.1, 0.15) is 5.75 Å². The zero-order chi connectivity index (χ0) is 26.0. The first kappa shape index (κ1) is 25.0. The molecule has 1 aromatic heterocycles. The number of carbonyl (C=O) groups is 1. The summed E-state index contributed by atoms with van der Waals surface area (Å²) in [5, 5.41) is 10.6. The highest BCUT2D eigenvalue weighted by Gasteiger charge is 2.56. The molecular formula is C26H23F3N4O3S. The molecule has 1 aliphatic heterocycles. The van der Waals surface area contributed by atoms with E-state index in [-0.39, 0.29) is 24.1 Å². The van der Waals surface area contributed by atoms with E-state index in [4.69, 9.17) is 10.00 Å². The predicted molar refractivity (Wildman–Crippen MR) is 129 cm³/mol. The lowest BCUT2D eigenvalue weighted by atomic mass is 10.1. The molecule has 1 aliphatic carbocycles. The number of hydrogen-bond donors (Lipinski definition) is 0. The number of hydrogen-bond acceptors (Lipinski definition) is 7. The first-order chi connectivity index (χ1) is 17.8. The molecule has 192 valence electrons. The predicted octanol–water partition coefficient (Wildman–Crippen LogP) is 5.29. The van der Waals surface area contributed by atoms with Crippen LogP contribution in [-0.2, 0) is 13.1 Å². The summed E-state index contributed by atoms with van der Waals surface area (Å²) in [6, 6.07) is 15.3. The molecule has 2 heterocycles. The summed E-state index contributed by atoms with van der Waals surface area (Å²) in [6.45, 7) is 3.13. The van der Waals surface area contributed by atoms with Crippen molar-refractivity contribution in [2.75, 3.05) is 19.6 Å². The van der Waals surface area contributed by atoms with Crippen LogP contribution < -0.4 is 9.47 Å². The second-order valence-corrected chi connectivity index (χ2v) is 9.98. The number of amides is 1. The second-order valence-electron chi connectivity index (χ2n) is 9.26. The Labute approximate surface area is 215 Å². The Morgan fingerprint density at radius 1 is 1.16 bits per heavy atom. The number of piperidine rings is 1. The lowest BCUT2D eigenvalue weighted by Gasteiger charge is -2.25. The quantitative estimate of drug-likeness (QED) is 0.395. The van der Waals surface area contributed by atoms with Gasteiger partial charge in [0.15, 0.2) is 0 Å². The third-order valence-electron chi connectivity index (χ3n) is 6.73. The summed E-state index contributed by atoms with van der Waals surface area (Å²) in [7, 11) is 0. The fourth-order valence-electron chi connectivity index (χ4n) is 5.00. The van der Waals surface area contributed by atoms with Crippen LogP contribution in [0.3, 0.4) is 0 Å². The van der Waals surface area contributed by atoms with Gasteiger partial charge in [-0.25, -0.2) is 9.78 Å². The summed E-state index contributed by atoms with van der Waals surface area (Å²) in [5.74, 6) is 1.02. The van der Waals surface area contributed by atoms with Crippen molar-refractivity contribution in [1.82, 2.24) is 14.8 Å². The van der Waals surface area contributed by atoms with Gasteiger partial charge in [-0.05, 0) is 53.1 Å². The van der Waals surface area contributed by atoms with E-state index >= 15 is 0 Å². The van der Waals surface area contributed by atoms with Gasteiger partial charge in [0.25, 0.3) is 0 Å². The zero-order valence-electron chi connectivity index (χ0n) is 19.6. The van der Waals surface area contributed by atoms with Gasteiger partial charge in [-0.15, -0.1) is 24.5 Å². The average molecular weight is 529 g/mol. The largest absolute Gasteiger partial charge is 0.573 e. The maximum Gasteiger partial charge on any atom is 0.573 e. The molecule has 0 bridgehead atoms. The Hall–Kier alpha value is -3.62. The minimum absolute atomic E-state index is 0.0862. The Morgan fingerprint density at radius 2 is 1.92 bits per heavy atom. The van der Waals surface area contributed by atoms with E-state index in [0.29, 0.717) is 29.5 Å². The highest BCUT2D eigenvalue weighted by Crippen LogP contribution is 2.52. The number of halogens is 3. The molecule has 2 aromatic carbocycles. The molecule has 2 aliphatic rings. The van der Waals surface area contributed by atoms with Crippen molar-refractivity contribution >= 4 is 17.4 Å². The maximum atomic E-state index is 13.0. The van der Waals surface area contributed by atoms with Gasteiger partial charge in [0.2, 0.25) is 5.88 Å². The van der Waals surface area contributed by atoms with Crippen LogP contribution in [0.1, 0.15) is 16.7 Å². The molecule has 2 atom stereocenters. The van der Waals surface area contributed by atoms with Crippen LogP contribution in [0.2, 0.25) is 0 Å². The van der Waals surface area contributed by atoms with Gasteiger partial charge in [0, 0.05) is 32.7 Å². The summed E-state index contributed by atoms with van der Waals surface area (Å²) in [6.07, 6.45) is -5.39. The lowest BCUT2D eigenvalue weighted by molar-refractivity contribution is -0.274. The zero-order valence-corrected chi connectivity index (χ0v) is 20.4. The summed E-state index contributed by atoms with van der Waals surface area (Å²) >= 11 is 1.30. The second kappa shape index (κ2) is 10.4. The fourth-order valence-corrected chi connectivity index (χ4v) is 5.46. The van der Waals surface area contributed by atoms with Gasteiger partial charge in [0.05, 0.1) is 22.5 Å². The van der Waals surface area contributed by atoms with E-state index in [2.05, 4.69) is 20.7 Å². The molecule has 2 fully saturated rings. The number of ether oxygens (including phenoxy) is 2. The smallest absolute Gasteiger partial charge is 0.406 e. The van der Waals surface area contributed by atoms with E-state index in [1.165, 1.54) is 34.4 Å². The summed E-state index contributed by atoms with van der Waals surface area (Å²) in [5.41, 5.74) is 3.84. The van der Waals surface area contributed by atoms with Gasteiger partial charge in [-0.1, -0.05) is 24.3 Å². The molecule has 2 unspecified atom stereocenters. The first-order valence-electron chi connectivity index (χ1n) is 11.7. The molecule has 0 radical (unpaired) electrons. The molecule has 1 saturated carbocycles. The number of likely N-dealkylation sites (tertiary alicyclic amines) is 1. The molecular weight excluding hydrogens is 505 g/mol. The first-order valence-corrected chi connectivity index (χ1v) is 12.6. The minimum Gasteiger partial charge on any atom is -0.406 e. The summed E-state index contributed by atoms with van der Waals surface area (Å²) < 4.78 is 47.4. The van der Waals surface area contributed by atoms with Gasteiger partial charge in [-0.2, -0.15) is 5.26 Å². The van der Waals surface area contributed by atoms with Crippen LogP contribution in [0.15, 0.2) is 59.4 Å². The van der Waals surface area contributed by atoms with E-state index in [1.807, 2.05) is 24.3 Å². The number of rotatable bonds is 8. The lowest BCUT2D eigenvalue weighted by Crippen LogP contribution is -2.36. The SMILES string of the molecule is N#Cc1ccc(CN2CC3C(C2)C3CN(Cc2cccc(OC(F)(F)F)c2)C(=O)Oc2cscn2)cc1. The normalized spacial score (nSPS) is 20.6. The number of fused-ring (bicyclic) bond motifs is 1. The molecule has 3 aromatic rings. The van der Waals surface area contributed by atoms with Crippen molar-refractivity contribution in [3.63, 3.8) is 0 Å². The molecule has 1 amide bonds. The molecule has 0 spiro atoms. The third kappa shape index (κ3) is 6.39. The Kier molecular flexibility index (Phi) is 7.04. The van der Waals surface area contributed by atoms with E-state index in [1.54, 1.807) is 17.0 Å². The van der Waals surface area contributed by atoms with Crippen LogP contribution in [0.5, 0.6) is 11.6 Å².